The number of nitrogens with zero attached hydrogens (tertiary/aromatic N) is 1. The Morgan fingerprint density at radius 3 is 2.82 bits per heavy atom. The van der Waals surface area contributed by atoms with E-state index >= 15 is 0 Å². The molecule has 1 heterocycles. The van der Waals surface area contributed by atoms with Crippen LogP contribution in [-0.2, 0) is 11.3 Å². The molecule has 0 fully saturated rings. The number of ether oxygens (including phenoxy) is 1. The second kappa shape index (κ2) is 7.48. The molecule has 22 heavy (non-hydrogen) atoms. The van der Waals surface area contributed by atoms with Crippen molar-refractivity contribution in [3.05, 3.63) is 62.4 Å². The Bertz CT molecular complexity index is 712. The molecule has 0 amide bonds. The molecule has 0 bridgehead atoms. The quantitative estimate of drug-likeness (QED) is 0.461. The highest BCUT2D eigenvalue weighted by Gasteiger charge is 2.08. The zero-order valence-electron chi connectivity index (χ0n) is 12.2. The number of aromatic nitrogens is 1. The van der Waals surface area contributed by atoms with Gasteiger partial charge in [-0.15, -0.1) is 0 Å². The molecule has 0 saturated carbocycles. The summed E-state index contributed by atoms with van der Waals surface area (Å²) >= 11 is 0. The van der Waals surface area contributed by atoms with E-state index in [2.05, 4.69) is 10.3 Å². The maximum atomic E-state index is 12.0. The Labute approximate surface area is 127 Å². The Kier molecular flexibility index (Phi) is 5.40. The van der Waals surface area contributed by atoms with E-state index < -0.39 is 4.92 Å². The molecule has 0 aliphatic carbocycles. The van der Waals surface area contributed by atoms with Crippen molar-refractivity contribution in [2.45, 2.75) is 6.54 Å². The number of nitrogens with one attached hydrogen (secondary N) is 2. The third-order valence-corrected chi connectivity index (χ3v) is 3.16. The Morgan fingerprint density at radius 1 is 1.32 bits per heavy atom. The average Bonchev–Trinajstić information content (AvgIpc) is 2.53. The maximum Gasteiger partial charge on any atom is 0.270 e. The minimum Gasteiger partial charge on any atom is -0.383 e. The van der Waals surface area contributed by atoms with Gasteiger partial charge in [0.25, 0.3) is 11.2 Å². The molecule has 2 N–H and O–H groups in total. The van der Waals surface area contributed by atoms with Crippen molar-refractivity contribution in [3.8, 4) is 11.3 Å². The van der Waals surface area contributed by atoms with Crippen LogP contribution in [-0.4, -0.2) is 30.2 Å². The number of benzene rings is 1. The summed E-state index contributed by atoms with van der Waals surface area (Å²) in [6.07, 6.45) is 0. The minimum absolute atomic E-state index is 0.0105. The fourth-order valence-corrected chi connectivity index (χ4v) is 2.00. The number of non-ortho nitro benzene ring substituents is 1. The summed E-state index contributed by atoms with van der Waals surface area (Å²) in [5.41, 5.74) is 1.53. The van der Waals surface area contributed by atoms with Crippen molar-refractivity contribution < 1.29 is 9.66 Å². The number of pyridine rings is 1. The second-order valence-electron chi connectivity index (χ2n) is 4.70. The van der Waals surface area contributed by atoms with Crippen LogP contribution >= 0.6 is 0 Å². The van der Waals surface area contributed by atoms with Crippen LogP contribution in [0.3, 0.4) is 0 Å². The summed E-state index contributed by atoms with van der Waals surface area (Å²) in [4.78, 5) is 25.1. The van der Waals surface area contributed by atoms with Gasteiger partial charge >= 0.3 is 0 Å². The predicted molar refractivity (Wildman–Crippen MR) is 82.7 cm³/mol. The highest BCUT2D eigenvalue weighted by molar-refractivity contribution is 5.62. The topological polar surface area (TPSA) is 97.3 Å². The number of hydrogen-bond donors (Lipinski definition) is 2. The third-order valence-electron chi connectivity index (χ3n) is 3.16. The average molecular weight is 303 g/mol. The third kappa shape index (κ3) is 4.00. The Hall–Kier alpha value is -2.51. The second-order valence-corrected chi connectivity index (χ2v) is 4.70. The van der Waals surface area contributed by atoms with E-state index in [4.69, 9.17) is 4.74 Å². The van der Waals surface area contributed by atoms with E-state index in [1.54, 1.807) is 31.4 Å². The lowest BCUT2D eigenvalue weighted by atomic mass is 10.1. The van der Waals surface area contributed by atoms with Crippen molar-refractivity contribution in [1.82, 2.24) is 10.3 Å². The molecule has 0 aliphatic rings. The molecule has 0 spiro atoms. The van der Waals surface area contributed by atoms with Gasteiger partial charge in [0, 0.05) is 49.2 Å². The number of methoxy groups -OCH3 is 1. The minimum atomic E-state index is -0.463. The van der Waals surface area contributed by atoms with Crippen LogP contribution in [0.2, 0.25) is 0 Å². The summed E-state index contributed by atoms with van der Waals surface area (Å²) in [6, 6.07) is 9.61. The van der Waals surface area contributed by atoms with E-state index in [-0.39, 0.29) is 11.2 Å². The molecule has 1 aromatic carbocycles. The standard InChI is InChI=1S/C15H17N3O4/c1-22-8-7-16-10-12-5-6-14(17-15(12)19)11-3-2-4-13(9-11)18(20)21/h2-6,9,16H,7-8,10H2,1H3,(H,17,19). The zero-order chi connectivity index (χ0) is 15.9. The molecule has 1 aromatic heterocycles. The van der Waals surface area contributed by atoms with E-state index in [1.165, 1.54) is 12.1 Å². The number of rotatable bonds is 7. The SMILES string of the molecule is COCCNCc1ccc(-c2cccc([N+](=O)[O-])c2)[nH]c1=O. The van der Waals surface area contributed by atoms with Gasteiger partial charge in [-0.05, 0) is 6.07 Å². The van der Waals surface area contributed by atoms with Gasteiger partial charge in [-0.3, -0.25) is 14.9 Å². The Morgan fingerprint density at radius 2 is 2.14 bits per heavy atom. The summed E-state index contributed by atoms with van der Waals surface area (Å²) in [7, 11) is 1.61. The lowest BCUT2D eigenvalue weighted by molar-refractivity contribution is -0.384. The van der Waals surface area contributed by atoms with E-state index in [0.29, 0.717) is 36.5 Å². The molecule has 7 nitrogen and oxygen atoms in total. The molecule has 116 valence electrons. The van der Waals surface area contributed by atoms with Gasteiger partial charge in [-0.1, -0.05) is 18.2 Å². The molecule has 2 aromatic rings. The highest BCUT2D eigenvalue weighted by atomic mass is 16.6. The van der Waals surface area contributed by atoms with Crippen molar-refractivity contribution in [1.29, 1.82) is 0 Å². The number of hydrogen-bond acceptors (Lipinski definition) is 5. The lowest BCUT2D eigenvalue weighted by Gasteiger charge is -2.06. The Balaban J connectivity index is 2.17. The highest BCUT2D eigenvalue weighted by Crippen LogP contribution is 2.21. The molecule has 0 aliphatic heterocycles. The van der Waals surface area contributed by atoms with E-state index in [0.717, 1.165) is 0 Å². The first kappa shape index (κ1) is 15.9. The summed E-state index contributed by atoms with van der Waals surface area (Å²) in [5.74, 6) is 0. The van der Waals surface area contributed by atoms with Gasteiger partial charge in [0.15, 0.2) is 0 Å². The normalized spacial score (nSPS) is 10.6. The van der Waals surface area contributed by atoms with E-state index in [9.17, 15) is 14.9 Å². The fourth-order valence-electron chi connectivity index (χ4n) is 2.00. The van der Waals surface area contributed by atoms with Crippen LogP contribution in [0.4, 0.5) is 5.69 Å². The van der Waals surface area contributed by atoms with Crippen LogP contribution in [0.15, 0.2) is 41.2 Å². The van der Waals surface area contributed by atoms with Gasteiger partial charge in [0.1, 0.15) is 0 Å². The fraction of sp³-hybridized carbons (Fsp3) is 0.267. The van der Waals surface area contributed by atoms with Crippen LogP contribution < -0.4 is 10.9 Å². The molecular weight excluding hydrogens is 286 g/mol. The summed E-state index contributed by atoms with van der Waals surface area (Å²) < 4.78 is 4.91. The first-order chi connectivity index (χ1) is 10.6. The molecule has 7 heteroatoms. The summed E-state index contributed by atoms with van der Waals surface area (Å²) in [5, 5.41) is 13.9. The monoisotopic (exact) mass is 303 g/mol. The van der Waals surface area contributed by atoms with Crippen molar-refractivity contribution in [2.24, 2.45) is 0 Å². The largest absolute Gasteiger partial charge is 0.383 e. The summed E-state index contributed by atoms with van der Waals surface area (Å²) in [6.45, 7) is 1.67. The first-order valence-corrected chi connectivity index (χ1v) is 6.78. The van der Waals surface area contributed by atoms with Crippen LogP contribution in [0, 0.1) is 10.1 Å². The molecule has 0 saturated heterocycles. The smallest absolute Gasteiger partial charge is 0.270 e. The van der Waals surface area contributed by atoms with Gasteiger partial charge in [0.05, 0.1) is 11.5 Å². The molecule has 0 radical (unpaired) electrons. The van der Waals surface area contributed by atoms with Crippen LogP contribution in [0.5, 0.6) is 0 Å². The predicted octanol–water partition coefficient (Wildman–Crippen LogP) is 1.69. The van der Waals surface area contributed by atoms with Crippen molar-refractivity contribution in [3.63, 3.8) is 0 Å². The number of nitro benzene ring substituents is 1. The van der Waals surface area contributed by atoms with Crippen LogP contribution in [0.25, 0.3) is 11.3 Å². The van der Waals surface area contributed by atoms with Gasteiger partial charge in [-0.25, -0.2) is 0 Å². The van der Waals surface area contributed by atoms with Gasteiger partial charge < -0.3 is 15.0 Å². The molecular formula is C15H17N3O4. The number of nitro groups is 1. The molecule has 0 atom stereocenters. The van der Waals surface area contributed by atoms with Gasteiger partial charge in [-0.2, -0.15) is 0 Å². The number of H-pyrrole nitrogens is 1. The van der Waals surface area contributed by atoms with Crippen molar-refractivity contribution >= 4 is 5.69 Å². The van der Waals surface area contributed by atoms with Gasteiger partial charge in [0.2, 0.25) is 0 Å². The first-order valence-electron chi connectivity index (χ1n) is 6.78. The lowest BCUT2D eigenvalue weighted by Crippen LogP contribution is -2.23. The van der Waals surface area contributed by atoms with Crippen molar-refractivity contribution in [2.75, 3.05) is 20.3 Å². The maximum absolute atomic E-state index is 12.0. The zero-order valence-corrected chi connectivity index (χ0v) is 12.2. The molecule has 2 rings (SSSR count). The molecule has 0 unspecified atom stereocenters. The van der Waals surface area contributed by atoms with Crippen LogP contribution in [0.1, 0.15) is 5.56 Å². The number of aromatic amines is 1. The van der Waals surface area contributed by atoms with E-state index in [1.807, 2.05) is 0 Å².